The molecule has 5 rings (SSSR count). The second kappa shape index (κ2) is 9.48. The van der Waals surface area contributed by atoms with Crippen molar-refractivity contribution in [3.63, 3.8) is 0 Å². The summed E-state index contributed by atoms with van der Waals surface area (Å²) in [5.74, 6) is 0.377. The van der Waals surface area contributed by atoms with Crippen molar-refractivity contribution in [2.75, 3.05) is 44.8 Å². The minimum atomic E-state index is -0.772. The predicted octanol–water partition coefficient (Wildman–Crippen LogP) is 2.88. The van der Waals surface area contributed by atoms with E-state index in [1.807, 2.05) is 50.5 Å². The van der Waals surface area contributed by atoms with Crippen molar-refractivity contribution >= 4 is 22.4 Å². The van der Waals surface area contributed by atoms with Gasteiger partial charge in [-0.1, -0.05) is 13.0 Å². The summed E-state index contributed by atoms with van der Waals surface area (Å²) in [6.45, 7) is 10.1. The van der Waals surface area contributed by atoms with Crippen LogP contribution in [0.4, 0.5) is 5.13 Å². The van der Waals surface area contributed by atoms with E-state index in [2.05, 4.69) is 9.88 Å². The number of methoxy groups -OCH3 is 1. The van der Waals surface area contributed by atoms with Gasteiger partial charge in [0.05, 0.1) is 32.9 Å². The van der Waals surface area contributed by atoms with Crippen LogP contribution in [-0.2, 0) is 14.3 Å². The highest BCUT2D eigenvalue weighted by atomic mass is 32.1. The molecular weight excluding hydrogens is 482 g/mol. The number of thiazole rings is 1. The number of nitrogens with zero attached hydrogens (tertiary/aromatic N) is 3. The first-order valence-electron chi connectivity index (χ1n) is 12.4. The largest absolute Gasteiger partial charge is 0.493 e. The predicted molar refractivity (Wildman–Crippen MR) is 136 cm³/mol. The van der Waals surface area contributed by atoms with Crippen molar-refractivity contribution in [1.82, 2.24) is 9.88 Å². The molecule has 0 unspecified atom stereocenters. The molecule has 0 spiro atoms. The number of aliphatic hydroxyl groups excluding tert-OH is 1. The maximum atomic E-state index is 13.3. The van der Waals surface area contributed by atoms with Gasteiger partial charge in [0.2, 0.25) is 0 Å². The first-order valence-corrected chi connectivity index (χ1v) is 13.3. The number of aliphatic hydroxyl groups is 1. The summed E-state index contributed by atoms with van der Waals surface area (Å²) in [5, 5.41) is 13.8. The van der Waals surface area contributed by atoms with Crippen LogP contribution < -0.4 is 14.4 Å². The molecule has 2 aromatic rings. The Bertz CT molecular complexity index is 1090. The Kier molecular flexibility index (Phi) is 6.65. The summed E-state index contributed by atoms with van der Waals surface area (Å²) < 4.78 is 23.4. The molecule has 3 aliphatic rings. The number of carbonyl (C=O) groups excluding carboxylic acids is 1. The van der Waals surface area contributed by atoms with Crippen LogP contribution >= 0.6 is 11.3 Å². The lowest BCUT2D eigenvalue weighted by Gasteiger charge is -2.39. The smallest absolute Gasteiger partial charge is 0.254 e. The fraction of sp³-hybridized carbons (Fsp3) is 0.615. The molecule has 0 aliphatic carbocycles. The Balaban J connectivity index is 1.34. The molecule has 0 saturated carbocycles. The van der Waals surface area contributed by atoms with E-state index in [0.29, 0.717) is 24.6 Å². The number of anilines is 1. The third-order valence-electron chi connectivity index (χ3n) is 7.70. The number of benzene rings is 1. The summed E-state index contributed by atoms with van der Waals surface area (Å²) in [6.07, 6.45) is 0.585. The molecule has 1 aromatic heterocycles. The van der Waals surface area contributed by atoms with Crippen LogP contribution in [0.3, 0.4) is 0 Å². The van der Waals surface area contributed by atoms with Gasteiger partial charge in [0, 0.05) is 36.0 Å². The van der Waals surface area contributed by atoms with Crippen molar-refractivity contribution in [2.24, 2.45) is 5.41 Å². The molecule has 10 heteroatoms. The zero-order chi connectivity index (χ0) is 25.7. The molecule has 9 nitrogen and oxygen atoms in total. The number of amides is 1. The van der Waals surface area contributed by atoms with Crippen LogP contribution in [0, 0.1) is 5.41 Å². The Morgan fingerprint density at radius 3 is 2.64 bits per heavy atom. The molecule has 1 amide bonds. The number of hydrogen-bond donors (Lipinski definition) is 1. The zero-order valence-corrected chi connectivity index (χ0v) is 22.3. The van der Waals surface area contributed by atoms with Gasteiger partial charge in [-0.3, -0.25) is 4.79 Å². The topological polar surface area (TPSA) is 93.6 Å². The number of hydrogen-bond acceptors (Lipinski definition) is 9. The minimum Gasteiger partial charge on any atom is -0.493 e. The molecule has 4 heterocycles. The Morgan fingerprint density at radius 2 is 2.03 bits per heavy atom. The van der Waals surface area contributed by atoms with E-state index in [1.165, 1.54) is 0 Å². The van der Waals surface area contributed by atoms with E-state index < -0.39 is 23.4 Å². The zero-order valence-electron chi connectivity index (χ0n) is 21.5. The molecule has 0 radical (unpaired) electrons. The summed E-state index contributed by atoms with van der Waals surface area (Å²) in [6, 6.07) is 5.92. The molecule has 3 aliphatic heterocycles. The fourth-order valence-electron chi connectivity index (χ4n) is 5.33. The summed E-state index contributed by atoms with van der Waals surface area (Å²) in [4.78, 5) is 21.6. The van der Waals surface area contributed by atoms with Gasteiger partial charge < -0.3 is 33.9 Å². The van der Waals surface area contributed by atoms with Crippen LogP contribution in [0.1, 0.15) is 39.2 Å². The standard InChI is InChI=1S/C26H35N3O6S/c1-16(30)26(4)15-29(23(31)22-14-33-25(2,3)35-22)13-19(26)17-6-7-20(32-5)21(10-17)34-18-11-28(12-18)24-27-8-9-36-24/h6-10,16,18-19,22,30H,11-15H2,1-5H3/t16-,19+,22+,26+/m1/s1. The highest BCUT2D eigenvalue weighted by molar-refractivity contribution is 7.13. The van der Waals surface area contributed by atoms with Crippen LogP contribution in [-0.4, -0.2) is 84.9 Å². The highest BCUT2D eigenvalue weighted by Gasteiger charge is 2.50. The quantitative estimate of drug-likeness (QED) is 0.599. The lowest BCUT2D eigenvalue weighted by molar-refractivity contribution is -0.159. The first kappa shape index (κ1) is 25.3. The van der Waals surface area contributed by atoms with Gasteiger partial charge in [0.15, 0.2) is 28.5 Å². The molecule has 1 N–H and O–H groups in total. The average Bonchev–Trinajstić information content (AvgIpc) is 3.54. The molecule has 196 valence electrons. The van der Waals surface area contributed by atoms with E-state index >= 15 is 0 Å². The lowest BCUT2D eigenvalue weighted by atomic mass is 9.72. The van der Waals surface area contributed by atoms with Crippen LogP contribution in [0.2, 0.25) is 0 Å². The van der Waals surface area contributed by atoms with E-state index in [0.717, 1.165) is 23.8 Å². The third kappa shape index (κ3) is 4.67. The van der Waals surface area contributed by atoms with Gasteiger partial charge in [-0.2, -0.15) is 0 Å². The number of likely N-dealkylation sites (tertiary alicyclic amines) is 1. The van der Waals surface area contributed by atoms with Crippen molar-refractivity contribution < 1.29 is 28.8 Å². The van der Waals surface area contributed by atoms with Crippen molar-refractivity contribution in [2.45, 2.75) is 57.7 Å². The normalized spacial score (nSPS) is 28.7. The molecule has 1 aromatic carbocycles. The van der Waals surface area contributed by atoms with Gasteiger partial charge in [-0.05, 0) is 38.5 Å². The molecule has 4 atom stereocenters. The number of rotatable bonds is 7. The van der Waals surface area contributed by atoms with E-state index in [4.69, 9.17) is 18.9 Å². The maximum Gasteiger partial charge on any atom is 0.254 e. The Labute approximate surface area is 215 Å². The van der Waals surface area contributed by atoms with Crippen LogP contribution in [0.5, 0.6) is 11.5 Å². The van der Waals surface area contributed by atoms with E-state index in [9.17, 15) is 9.90 Å². The third-order valence-corrected chi connectivity index (χ3v) is 8.53. The van der Waals surface area contributed by atoms with Gasteiger partial charge in [-0.15, -0.1) is 11.3 Å². The summed E-state index contributed by atoms with van der Waals surface area (Å²) in [7, 11) is 1.63. The molecule has 36 heavy (non-hydrogen) atoms. The average molecular weight is 518 g/mol. The Morgan fingerprint density at radius 1 is 1.25 bits per heavy atom. The van der Waals surface area contributed by atoms with Crippen molar-refractivity contribution in [3.05, 3.63) is 35.3 Å². The minimum absolute atomic E-state index is 0.0331. The first-order chi connectivity index (χ1) is 17.1. The van der Waals surface area contributed by atoms with E-state index in [1.54, 1.807) is 30.3 Å². The van der Waals surface area contributed by atoms with Gasteiger partial charge in [-0.25, -0.2) is 4.98 Å². The van der Waals surface area contributed by atoms with Gasteiger partial charge in [0.1, 0.15) is 6.10 Å². The fourth-order valence-corrected chi connectivity index (χ4v) is 5.99. The second-order valence-electron chi connectivity index (χ2n) is 10.6. The SMILES string of the molecule is COc1ccc([C@@H]2CN(C(=O)[C@@H]3COC(C)(C)O3)C[C@@]2(C)[C@@H](C)O)cc1OC1CN(c2nccs2)C1. The summed E-state index contributed by atoms with van der Waals surface area (Å²) in [5.41, 5.74) is 0.471. The number of aromatic nitrogens is 1. The molecule has 0 bridgehead atoms. The van der Waals surface area contributed by atoms with Gasteiger partial charge in [0.25, 0.3) is 5.91 Å². The number of ether oxygens (including phenoxy) is 4. The summed E-state index contributed by atoms with van der Waals surface area (Å²) >= 11 is 1.62. The Hall–Kier alpha value is -2.40. The number of carbonyl (C=O) groups is 1. The molecule has 3 fully saturated rings. The van der Waals surface area contributed by atoms with Crippen molar-refractivity contribution in [1.29, 1.82) is 0 Å². The van der Waals surface area contributed by atoms with E-state index in [-0.39, 0.29) is 24.5 Å². The second-order valence-corrected chi connectivity index (χ2v) is 11.5. The highest BCUT2D eigenvalue weighted by Crippen LogP contribution is 2.47. The van der Waals surface area contributed by atoms with Crippen LogP contribution in [0.15, 0.2) is 29.8 Å². The monoisotopic (exact) mass is 517 g/mol. The molecule has 3 saturated heterocycles. The lowest BCUT2D eigenvalue weighted by Crippen LogP contribution is -2.54. The van der Waals surface area contributed by atoms with Gasteiger partial charge >= 0.3 is 0 Å². The maximum absolute atomic E-state index is 13.3. The van der Waals surface area contributed by atoms with Crippen LogP contribution in [0.25, 0.3) is 0 Å². The molecular formula is C26H35N3O6S. The van der Waals surface area contributed by atoms with Crippen molar-refractivity contribution in [3.8, 4) is 11.5 Å².